The third-order valence-corrected chi connectivity index (χ3v) is 4.66. The quantitative estimate of drug-likeness (QED) is 0.519. The molecule has 0 unspecified atom stereocenters. The number of thiophene rings is 1. The Morgan fingerprint density at radius 1 is 1.45 bits per heavy atom. The fourth-order valence-electron chi connectivity index (χ4n) is 1.56. The molecule has 2 aromatic rings. The highest BCUT2D eigenvalue weighted by molar-refractivity contribution is 8.01. The molecule has 0 aliphatic rings. The molecule has 0 saturated heterocycles. The average Bonchev–Trinajstić information content (AvgIpc) is 2.91. The van der Waals surface area contributed by atoms with E-state index in [4.69, 9.17) is 0 Å². The van der Waals surface area contributed by atoms with Crippen LogP contribution in [0.15, 0.2) is 39.9 Å². The molecule has 0 bridgehead atoms. The topological polar surface area (TPSA) is 72.2 Å². The highest BCUT2D eigenvalue weighted by Crippen LogP contribution is 2.25. The van der Waals surface area contributed by atoms with E-state index < -0.39 is 4.92 Å². The first kappa shape index (κ1) is 14.5. The van der Waals surface area contributed by atoms with E-state index in [1.165, 1.54) is 17.8 Å². The number of nitrogens with one attached hydrogen (secondary N) is 1. The average molecular weight is 308 g/mol. The van der Waals surface area contributed by atoms with E-state index >= 15 is 0 Å². The van der Waals surface area contributed by atoms with Crippen LogP contribution in [0.2, 0.25) is 0 Å². The Labute approximate surface area is 124 Å². The van der Waals surface area contributed by atoms with Crippen LogP contribution in [0.1, 0.15) is 5.56 Å². The van der Waals surface area contributed by atoms with Gasteiger partial charge in [0.15, 0.2) is 0 Å². The maximum atomic E-state index is 11.8. The van der Waals surface area contributed by atoms with E-state index in [0.717, 1.165) is 4.21 Å². The van der Waals surface area contributed by atoms with Crippen molar-refractivity contribution < 1.29 is 9.72 Å². The lowest BCUT2D eigenvalue weighted by atomic mass is 10.2. The van der Waals surface area contributed by atoms with Gasteiger partial charge in [0.05, 0.1) is 14.9 Å². The largest absolute Gasteiger partial charge is 0.325 e. The van der Waals surface area contributed by atoms with Gasteiger partial charge in [-0.15, -0.1) is 23.1 Å². The van der Waals surface area contributed by atoms with Gasteiger partial charge in [0.25, 0.3) is 5.69 Å². The highest BCUT2D eigenvalue weighted by atomic mass is 32.2. The Morgan fingerprint density at radius 2 is 2.25 bits per heavy atom. The van der Waals surface area contributed by atoms with E-state index in [9.17, 15) is 14.9 Å². The molecule has 0 fully saturated rings. The standard InChI is InChI=1S/C13H12N2O3S2/c1-9-4-5-10(7-11(9)15(17)18)14-12(16)8-20-13-3-2-6-19-13/h2-7H,8H2,1H3,(H,14,16). The van der Waals surface area contributed by atoms with Crippen LogP contribution in [0, 0.1) is 17.0 Å². The zero-order valence-corrected chi connectivity index (χ0v) is 12.3. The molecule has 0 spiro atoms. The summed E-state index contributed by atoms with van der Waals surface area (Å²) in [5, 5.41) is 15.4. The Hall–Kier alpha value is -1.86. The number of aryl methyl sites for hydroxylation is 1. The number of nitro groups is 1. The van der Waals surface area contributed by atoms with Crippen molar-refractivity contribution in [1.29, 1.82) is 0 Å². The summed E-state index contributed by atoms with van der Waals surface area (Å²) in [6, 6.07) is 8.53. The summed E-state index contributed by atoms with van der Waals surface area (Å²) in [5.41, 5.74) is 1.02. The number of nitrogens with zero attached hydrogens (tertiary/aromatic N) is 1. The lowest BCUT2D eigenvalue weighted by Crippen LogP contribution is -2.14. The zero-order chi connectivity index (χ0) is 14.5. The predicted molar refractivity (Wildman–Crippen MR) is 81.5 cm³/mol. The number of anilines is 1. The van der Waals surface area contributed by atoms with Gasteiger partial charge in [0.2, 0.25) is 5.91 Å². The minimum absolute atomic E-state index is 0.00806. The molecular weight excluding hydrogens is 296 g/mol. The normalized spacial score (nSPS) is 10.2. The number of hydrogen-bond acceptors (Lipinski definition) is 5. The van der Waals surface area contributed by atoms with E-state index in [0.29, 0.717) is 11.3 Å². The molecule has 2 rings (SSSR count). The molecule has 0 saturated carbocycles. The summed E-state index contributed by atoms with van der Waals surface area (Å²) < 4.78 is 1.06. The van der Waals surface area contributed by atoms with Crippen LogP contribution in [-0.4, -0.2) is 16.6 Å². The highest BCUT2D eigenvalue weighted by Gasteiger charge is 2.12. The third kappa shape index (κ3) is 3.82. The number of hydrogen-bond donors (Lipinski definition) is 1. The molecule has 0 atom stereocenters. The van der Waals surface area contributed by atoms with Crippen molar-refractivity contribution in [2.24, 2.45) is 0 Å². The van der Waals surface area contributed by atoms with Gasteiger partial charge in [0.1, 0.15) is 0 Å². The number of amides is 1. The number of benzene rings is 1. The number of carbonyl (C=O) groups is 1. The molecule has 1 amide bonds. The van der Waals surface area contributed by atoms with Crippen LogP contribution in [-0.2, 0) is 4.79 Å². The van der Waals surface area contributed by atoms with Gasteiger partial charge in [-0.1, -0.05) is 12.1 Å². The summed E-state index contributed by atoms with van der Waals surface area (Å²) in [4.78, 5) is 22.2. The van der Waals surface area contributed by atoms with E-state index in [1.54, 1.807) is 30.4 Å². The van der Waals surface area contributed by atoms with Crippen LogP contribution >= 0.6 is 23.1 Å². The zero-order valence-electron chi connectivity index (χ0n) is 10.7. The van der Waals surface area contributed by atoms with E-state index in [1.807, 2.05) is 17.5 Å². The van der Waals surface area contributed by atoms with E-state index in [2.05, 4.69) is 5.32 Å². The molecule has 1 N–H and O–H groups in total. The van der Waals surface area contributed by atoms with Crippen molar-refractivity contribution in [2.45, 2.75) is 11.1 Å². The molecule has 1 aromatic carbocycles. The lowest BCUT2D eigenvalue weighted by Gasteiger charge is -2.05. The van der Waals surface area contributed by atoms with Crippen LogP contribution in [0.3, 0.4) is 0 Å². The second-order valence-corrected chi connectivity index (χ2v) is 6.25. The Bertz CT molecular complexity index is 627. The first-order valence-electron chi connectivity index (χ1n) is 5.77. The third-order valence-electron chi connectivity index (χ3n) is 2.53. The summed E-state index contributed by atoms with van der Waals surface area (Å²) in [5.74, 6) is 0.101. The Morgan fingerprint density at radius 3 is 2.90 bits per heavy atom. The lowest BCUT2D eigenvalue weighted by molar-refractivity contribution is -0.385. The molecule has 0 radical (unpaired) electrons. The van der Waals surface area contributed by atoms with E-state index in [-0.39, 0.29) is 17.3 Å². The first-order valence-corrected chi connectivity index (χ1v) is 7.64. The summed E-state index contributed by atoms with van der Waals surface area (Å²) in [6.07, 6.45) is 0. The summed E-state index contributed by atoms with van der Waals surface area (Å²) in [6.45, 7) is 1.66. The van der Waals surface area contributed by atoms with Gasteiger partial charge in [-0.3, -0.25) is 14.9 Å². The SMILES string of the molecule is Cc1ccc(NC(=O)CSc2cccs2)cc1[N+](=O)[O-]. The van der Waals surface area contributed by atoms with Crippen LogP contribution < -0.4 is 5.32 Å². The fourth-order valence-corrected chi connectivity index (χ4v) is 3.15. The van der Waals surface area contributed by atoms with Crippen molar-refractivity contribution in [2.75, 3.05) is 11.1 Å². The molecule has 7 heteroatoms. The Kier molecular flexibility index (Phi) is 4.75. The minimum Gasteiger partial charge on any atom is -0.325 e. The Balaban J connectivity index is 1.97. The molecule has 0 aliphatic heterocycles. The minimum atomic E-state index is -0.453. The van der Waals surface area contributed by atoms with Gasteiger partial charge in [0, 0.05) is 17.3 Å². The molecule has 20 heavy (non-hydrogen) atoms. The van der Waals surface area contributed by atoms with Crippen molar-refractivity contribution in [3.8, 4) is 0 Å². The van der Waals surface area contributed by atoms with Gasteiger partial charge >= 0.3 is 0 Å². The molecule has 1 heterocycles. The summed E-state index contributed by atoms with van der Waals surface area (Å²) >= 11 is 3.01. The van der Waals surface area contributed by atoms with Crippen LogP contribution in [0.25, 0.3) is 0 Å². The maximum Gasteiger partial charge on any atom is 0.274 e. The molecule has 1 aromatic heterocycles. The van der Waals surface area contributed by atoms with Gasteiger partial charge in [-0.05, 0) is 24.4 Å². The second-order valence-electron chi connectivity index (χ2n) is 4.03. The van der Waals surface area contributed by atoms with Gasteiger partial charge < -0.3 is 5.32 Å². The van der Waals surface area contributed by atoms with Crippen LogP contribution in [0.5, 0.6) is 0 Å². The number of nitro benzene ring substituents is 1. The molecular formula is C13H12N2O3S2. The molecule has 5 nitrogen and oxygen atoms in total. The van der Waals surface area contributed by atoms with Crippen molar-refractivity contribution >= 4 is 40.4 Å². The van der Waals surface area contributed by atoms with Crippen molar-refractivity contribution in [3.63, 3.8) is 0 Å². The number of carbonyl (C=O) groups excluding carboxylic acids is 1. The maximum absolute atomic E-state index is 11.8. The predicted octanol–water partition coefficient (Wildman–Crippen LogP) is 3.70. The monoisotopic (exact) mass is 308 g/mol. The molecule has 104 valence electrons. The van der Waals surface area contributed by atoms with Gasteiger partial charge in [-0.2, -0.15) is 0 Å². The second kappa shape index (κ2) is 6.53. The van der Waals surface area contributed by atoms with Crippen molar-refractivity contribution in [1.82, 2.24) is 0 Å². The fraction of sp³-hybridized carbons (Fsp3) is 0.154. The molecule has 0 aliphatic carbocycles. The number of rotatable bonds is 5. The number of thioether (sulfide) groups is 1. The van der Waals surface area contributed by atoms with Crippen LogP contribution in [0.4, 0.5) is 11.4 Å². The first-order chi connectivity index (χ1) is 9.56. The smallest absolute Gasteiger partial charge is 0.274 e. The van der Waals surface area contributed by atoms with Gasteiger partial charge in [-0.25, -0.2) is 0 Å². The summed E-state index contributed by atoms with van der Waals surface area (Å²) in [7, 11) is 0. The van der Waals surface area contributed by atoms with Crippen molar-refractivity contribution in [3.05, 3.63) is 51.4 Å².